The predicted molar refractivity (Wildman–Crippen MR) is 137 cm³/mol. The second-order valence-electron chi connectivity index (χ2n) is 10.8. The first-order valence-electron chi connectivity index (χ1n) is 12.2. The van der Waals surface area contributed by atoms with E-state index in [1.807, 2.05) is 21.6 Å². The van der Waals surface area contributed by atoms with Gasteiger partial charge < -0.3 is 4.90 Å². The van der Waals surface area contributed by atoms with Crippen LogP contribution in [0.25, 0.3) is 22.4 Å². The molecule has 0 spiro atoms. The van der Waals surface area contributed by atoms with Gasteiger partial charge in [-0.2, -0.15) is 0 Å². The summed E-state index contributed by atoms with van der Waals surface area (Å²) in [5.41, 5.74) is 5.93. The second kappa shape index (κ2) is 9.37. The van der Waals surface area contributed by atoms with E-state index in [9.17, 15) is 9.59 Å². The molecule has 0 radical (unpaired) electrons. The number of rotatable bonds is 4. The molecule has 34 heavy (non-hydrogen) atoms. The summed E-state index contributed by atoms with van der Waals surface area (Å²) >= 11 is 0. The molecular weight excluding hydrogens is 426 g/mol. The van der Waals surface area contributed by atoms with Crippen molar-refractivity contribution in [3.63, 3.8) is 0 Å². The first-order valence-corrected chi connectivity index (χ1v) is 12.2. The van der Waals surface area contributed by atoms with Gasteiger partial charge in [0.25, 0.3) is 0 Å². The van der Waals surface area contributed by atoms with Gasteiger partial charge in [-0.3, -0.25) is 18.8 Å². The molecule has 3 heterocycles. The third-order valence-corrected chi connectivity index (χ3v) is 6.63. The normalized spacial score (nSPS) is 15.6. The summed E-state index contributed by atoms with van der Waals surface area (Å²) in [6.45, 7) is 15.2. The van der Waals surface area contributed by atoms with Crippen LogP contribution in [-0.2, 0) is 24.9 Å². The first-order chi connectivity index (χ1) is 16.0. The quantitative estimate of drug-likeness (QED) is 0.590. The fraction of sp³-hybridized carbons (Fsp3) is 0.519. The minimum absolute atomic E-state index is 0.00349. The van der Waals surface area contributed by atoms with Gasteiger partial charge in [0.1, 0.15) is 0 Å². The van der Waals surface area contributed by atoms with Gasteiger partial charge in [0.2, 0.25) is 5.91 Å². The molecule has 0 N–H and O–H groups in total. The van der Waals surface area contributed by atoms with Crippen LogP contribution in [0.4, 0.5) is 0 Å². The molecule has 1 fully saturated rings. The van der Waals surface area contributed by atoms with E-state index in [4.69, 9.17) is 4.98 Å². The van der Waals surface area contributed by atoms with Gasteiger partial charge in [-0.05, 0) is 48.1 Å². The molecule has 0 saturated carbocycles. The van der Waals surface area contributed by atoms with Gasteiger partial charge in [0.05, 0.1) is 11.2 Å². The Morgan fingerprint density at radius 3 is 2.53 bits per heavy atom. The van der Waals surface area contributed by atoms with E-state index in [1.54, 1.807) is 18.5 Å². The lowest BCUT2D eigenvalue weighted by Crippen LogP contribution is -2.33. The smallest absolute Gasteiger partial charge is 0.330 e. The number of aryl methyl sites for hydroxylation is 2. The molecular formula is C27H37N5O2. The summed E-state index contributed by atoms with van der Waals surface area (Å²) in [4.78, 5) is 33.9. The summed E-state index contributed by atoms with van der Waals surface area (Å²) in [5, 5.41) is 0. The number of hydrogen-bond acceptors (Lipinski definition) is 4. The van der Waals surface area contributed by atoms with E-state index in [0.717, 1.165) is 61.5 Å². The minimum atomic E-state index is -0.0270. The highest BCUT2D eigenvalue weighted by molar-refractivity contribution is 5.77. The van der Waals surface area contributed by atoms with Crippen molar-refractivity contribution in [3.05, 3.63) is 51.9 Å². The van der Waals surface area contributed by atoms with E-state index in [-0.39, 0.29) is 17.0 Å². The number of carbonyl (C=O) groups is 1. The van der Waals surface area contributed by atoms with E-state index < -0.39 is 0 Å². The maximum absolute atomic E-state index is 12.9. The van der Waals surface area contributed by atoms with E-state index in [0.29, 0.717) is 12.2 Å². The number of carbonyl (C=O) groups excluding carboxylic acids is 1. The van der Waals surface area contributed by atoms with Crippen molar-refractivity contribution in [1.29, 1.82) is 0 Å². The van der Waals surface area contributed by atoms with Crippen LogP contribution in [0.3, 0.4) is 0 Å². The number of imidazole rings is 1. The zero-order valence-electron chi connectivity index (χ0n) is 21.4. The van der Waals surface area contributed by atoms with Crippen molar-refractivity contribution < 1.29 is 4.79 Å². The van der Waals surface area contributed by atoms with Crippen LogP contribution in [0.1, 0.15) is 45.2 Å². The zero-order chi connectivity index (χ0) is 24.6. The highest BCUT2D eigenvalue weighted by atomic mass is 16.2. The standard InChI is InChI=1S/C27H37N5O2/c1-19-8-9-21(17-30-12-7-13-31(15-14-30)20(2)33)16-22(19)23-10-11-24-25(28-23)29(6)26(34)32(24)18-27(3,4)5/h8-11,16H,7,12-15,17-18H2,1-6H3. The van der Waals surface area contributed by atoms with Gasteiger partial charge in [-0.25, -0.2) is 9.78 Å². The molecule has 0 bridgehead atoms. The van der Waals surface area contributed by atoms with Crippen LogP contribution >= 0.6 is 0 Å². The number of pyridine rings is 1. The molecule has 4 rings (SSSR count). The Balaban J connectivity index is 1.63. The Kier molecular flexibility index (Phi) is 6.67. The van der Waals surface area contributed by atoms with Crippen molar-refractivity contribution >= 4 is 17.1 Å². The van der Waals surface area contributed by atoms with E-state index in [2.05, 4.69) is 50.8 Å². The number of nitrogens with zero attached hydrogens (tertiary/aromatic N) is 5. The van der Waals surface area contributed by atoms with Gasteiger partial charge >= 0.3 is 5.69 Å². The number of benzene rings is 1. The zero-order valence-corrected chi connectivity index (χ0v) is 21.4. The molecule has 0 atom stereocenters. The highest BCUT2D eigenvalue weighted by Gasteiger charge is 2.20. The molecule has 1 amide bonds. The van der Waals surface area contributed by atoms with Gasteiger partial charge in [0, 0.05) is 58.8 Å². The highest BCUT2D eigenvalue weighted by Crippen LogP contribution is 2.27. The third kappa shape index (κ3) is 5.09. The van der Waals surface area contributed by atoms with Gasteiger partial charge in [0.15, 0.2) is 5.65 Å². The van der Waals surface area contributed by atoms with Crippen LogP contribution in [0, 0.1) is 12.3 Å². The SMILES string of the molecule is CC(=O)N1CCCN(Cc2ccc(C)c(-c3ccc4c(n3)n(C)c(=O)n4CC(C)(C)C)c2)CC1. The molecule has 0 aliphatic carbocycles. The number of amides is 1. The van der Waals surface area contributed by atoms with Crippen molar-refractivity contribution in [2.75, 3.05) is 26.2 Å². The third-order valence-electron chi connectivity index (χ3n) is 6.63. The molecule has 1 aliphatic heterocycles. The summed E-state index contributed by atoms with van der Waals surface area (Å²) < 4.78 is 3.49. The van der Waals surface area contributed by atoms with Gasteiger partial charge in [-0.15, -0.1) is 0 Å². The predicted octanol–water partition coefficient (Wildman–Crippen LogP) is 3.81. The van der Waals surface area contributed by atoms with E-state index >= 15 is 0 Å². The Labute approximate surface area is 202 Å². The van der Waals surface area contributed by atoms with Crippen molar-refractivity contribution in [2.45, 2.75) is 54.1 Å². The number of hydrogen-bond donors (Lipinski definition) is 0. The summed E-state index contributed by atoms with van der Waals surface area (Å²) in [6.07, 6.45) is 0.996. The molecule has 0 unspecified atom stereocenters. The largest absolute Gasteiger partial charge is 0.342 e. The lowest BCUT2D eigenvalue weighted by molar-refractivity contribution is -0.128. The molecule has 7 heteroatoms. The van der Waals surface area contributed by atoms with Crippen molar-refractivity contribution in [2.24, 2.45) is 12.5 Å². The number of aromatic nitrogens is 3. The summed E-state index contributed by atoms with van der Waals surface area (Å²) in [7, 11) is 1.80. The lowest BCUT2D eigenvalue weighted by atomic mass is 9.97. The van der Waals surface area contributed by atoms with Crippen LogP contribution in [-0.4, -0.2) is 56.0 Å². The fourth-order valence-corrected chi connectivity index (χ4v) is 4.80. The van der Waals surface area contributed by atoms with Gasteiger partial charge in [-0.1, -0.05) is 32.9 Å². The molecule has 3 aromatic rings. The average Bonchev–Trinajstić information content (AvgIpc) is 2.93. The summed E-state index contributed by atoms with van der Waals surface area (Å²) in [6, 6.07) is 10.6. The Morgan fingerprint density at radius 1 is 1.06 bits per heavy atom. The van der Waals surface area contributed by atoms with Crippen LogP contribution in [0.2, 0.25) is 0 Å². The Hall–Kier alpha value is -2.93. The maximum atomic E-state index is 12.9. The number of fused-ring (bicyclic) bond motifs is 1. The Bertz CT molecular complexity index is 1260. The Morgan fingerprint density at radius 2 is 1.82 bits per heavy atom. The fourth-order valence-electron chi connectivity index (χ4n) is 4.80. The van der Waals surface area contributed by atoms with Crippen LogP contribution in [0.5, 0.6) is 0 Å². The first kappa shape index (κ1) is 24.2. The second-order valence-corrected chi connectivity index (χ2v) is 10.8. The topological polar surface area (TPSA) is 63.4 Å². The van der Waals surface area contributed by atoms with E-state index in [1.165, 1.54) is 5.56 Å². The van der Waals surface area contributed by atoms with Crippen molar-refractivity contribution in [1.82, 2.24) is 23.9 Å². The average molecular weight is 464 g/mol. The molecule has 2 aromatic heterocycles. The van der Waals surface area contributed by atoms with Crippen LogP contribution in [0.15, 0.2) is 35.1 Å². The minimum Gasteiger partial charge on any atom is -0.342 e. The molecule has 7 nitrogen and oxygen atoms in total. The summed E-state index contributed by atoms with van der Waals surface area (Å²) in [5.74, 6) is 0.159. The molecule has 1 saturated heterocycles. The van der Waals surface area contributed by atoms with Crippen LogP contribution < -0.4 is 5.69 Å². The van der Waals surface area contributed by atoms with Crippen molar-refractivity contribution in [3.8, 4) is 11.3 Å². The molecule has 1 aliphatic rings. The monoisotopic (exact) mass is 463 g/mol. The molecule has 1 aromatic carbocycles. The maximum Gasteiger partial charge on any atom is 0.330 e. The molecule has 182 valence electrons. The lowest BCUT2D eigenvalue weighted by Gasteiger charge is -2.21.